The van der Waals surface area contributed by atoms with Crippen molar-refractivity contribution in [3.05, 3.63) is 182 Å². The van der Waals surface area contributed by atoms with Gasteiger partial charge in [-0.3, -0.25) is 5.04 Å². The van der Waals surface area contributed by atoms with E-state index >= 15 is 0 Å². The Morgan fingerprint density at radius 1 is 0.761 bits per heavy atom. The van der Waals surface area contributed by atoms with Crippen molar-refractivity contribution in [1.29, 1.82) is 0 Å². The van der Waals surface area contributed by atoms with Crippen molar-refractivity contribution >= 4 is 56.8 Å². The van der Waals surface area contributed by atoms with Crippen molar-refractivity contribution in [2.45, 2.75) is 45.3 Å². The summed E-state index contributed by atoms with van der Waals surface area (Å²) >= 11 is 6.31. The van der Waals surface area contributed by atoms with Gasteiger partial charge < -0.3 is 50.2 Å². The van der Waals surface area contributed by atoms with Gasteiger partial charge in [-0.15, -0.1) is 14.3 Å². The van der Waals surface area contributed by atoms with Crippen molar-refractivity contribution in [2.75, 3.05) is 25.2 Å². The zero-order valence-electron chi connectivity index (χ0n) is 37.1. The molecular formula is C42H47ClN3Na3O13PS3Tc+2. The molecule has 0 spiro atoms. The monoisotopic (exact) mass is 1130 g/mol. The molecule has 1 unspecified atom stereocenters. The number of benzene rings is 5. The molecule has 0 aliphatic heterocycles. The number of ether oxygens (including phenoxy) is 2. The van der Waals surface area contributed by atoms with Crippen LogP contribution in [0.15, 0.2) is 136 Å². The van der Waals surface area contributed by atoms with E-state index in [1.54, 1.807) is 60.7 Å². The Bertz CT molecular complexity index is 2340. The molecule has 5 aromatic carbocycles. The fourth-order valence-corrected chi connectivity index (χ4v) is 11.0. The van der Waals surface area contributed by atoms with Gasteiger partial charge in [0, 0.05) is 21.2 Å². The van der Waals surface area contributed by atoms with E-state index in [9.17, 15) is 41.4 Å². The Morgan fingerprint density at radius 3 is 1.67 bits per heavy atom. The van der Waals surface area contributed by atoms with E-state index in [1.807, 2.05) is 24.3 Å². The first-order valence-electron chi connectivity index (χ1n) is 18.3. The number of anilines is 1. The molecule has 0 aromatic heterocycles. The molecule has 16 nitrogen and oxygen atoms in total. The minimum absolute atomic E-state index is 0. The molecule has 5 N–H and O–H groups in total. The fourth-order valence-electron chi connectivity index (χ4n) is 6.08. The predicted octanol–water partition coefficient (Wildman–Crippen LogP) is -3.27. The first-order chi connectivity index (χ1) is 29.8. The summed E-state index contributed by atoms with van der Waals surface area (Å²) in [5.41, 5.74) is 4.99. The molecule has 0 aliphatic rings. The topological polar surface area (TPSA) is 255 Å². The Balaban J connectivity index is 0. The van der Waals surface area contributed by atoms with Gasteiger partial charge in [-0.05, 0) is 89.5 Å². The van der Waals surface area contributed by atoms with Crippen molar-refractivity contribution in [3.63, 3.8) is 0 Å². The number of hydrogen-bond acceptors (Lipinski definition) is 15. The Morgan fingerprint density at radius 2 is 1.24 bits per heavy atom. The van der Waals surface area contributed by atoms with Crippen LogP contribution in [0.2, 0.25) is 5.02 Å². The number of halogens is 1. The second kappa shape index (κ2) is 34.4. The number of rotatable bonds is 20. The molecule has 0 fully saturated rings. The number of aliphatic hydroxyl groups is 2. The molecule has 0 bridgehead atoms. The SMILES string of the molecule is [CH2-]OCC(CO)(CO)[NH+]([CH2-])Cc1ccccc1O[CH2-].[CH2-][P+](Cc1cccc(SOO[O-])c1)(Cc1cccc(S(=O)(=O)[O-])c1)Cc1cccc(S(=O)(=O)[O-])c1.[NH-]Nc1ccc(Cl)cc1.[Na+].[Na+].[Na+].[Tc+5]. The summed E-state index contributed by atoms with van der Waals surface area (Å²) in [5.74, 6) is 7.36. The standard InChI is InChI=1S/C22H23O9PS3.C14H21NO4.C6H6ClN2.3Na.Tc/c1-32(14-17-5-2-8-20(11-17)33-31-30-23,15-18-6-3-9-21(12-18)34(24,25)26)16-19-7-4-10-22(13-19)35(27,28)29;1-15(14(9-16,10-17)11-18-2)8-12-6-4-5-7-13(12)19-3;7-5-1-3-6(9-8)4-2-5;;;;/h2-13,23H,1,14-16H2,(H,24,25,26)(H,27,28,29);4-7,15-17H,1-3,8-11H2;1-4,8-9H;;;;/q;-2;-1;3*+1;+5/p-3. The zero-order chi connectivity index (χ0) is 46.7. The average Bonchev–Trinajstić information content (AvgIpc) is 3.25. The normalized spacial score (nSPS) is 11.6. The summed E-state index contributed by atoms with van der Waals surface area (Å²) in [4.78, 5) is 0.553. The van der Waals surface area contributed by atoms with Crippen molar-refractivity contribution in [1.82, 2.24) is 0 Å². The molecule has 1 atom stereocenters. The van der Waals surface area contributed by atoms with Crippen LogP contribution in [0.1, 0.15) is 22.3 Å². The first kappa shape index (κ1) is 69.0. The van der Waals surface area contributed by atoms with Crippen molar-refractivity contribution in [2.24, 2.45) is 0 Å². The van der Waals surface area contributed by atoms with Crippen LogP contribution in [-0.2, 0) is 79.5 Å². The summed E-state index contributed by atoms with van der Waals surface area (Å²) in [6.45, 7) is 4.51. The maximum atomic E-state index is 11.5. The third-order valence-electron chi connectivity index (χ3n) is 9.24. The van der Waals surface area contributed by atoms with Gasteiger partial charge in [0.15, 0.2) is 0 Å². The molecule has 0 saturated heterocycles. The molecule has 0 saturated carbocycles. The van der Waals surface area contributed by atoms with Gasteiger partial charge in [-0.1, -0.05) is 60.1 Å². The van der Waals surface area contributed by atoms with Crippen LogP contribution < -0.4 is 109 Å². The van der Waals surface area contributed by atoms with Gasteiger partial charge in [0.25, 0.3) is 0 Å². The van der Waals surface area contributed by atoms with E-state index in [1.165, 1.54) is 36.4 Å². The van der Waals surface area contributed by atoms with Gasteiger partial charge in [0.1, 0.15) is 39.0 Å². The van der Waals surface area contributed by atoms with Crippen LogP contribution in [0.4, 0.5) is 5.69 Å². The average molecular weight is 1130 g/mol. The summed E-state index contributed by atoms with van der Waals surface area (Å²) in [6, 6.07) is 32.9. The maximum Gasteiger partial charge on any atom is 5.00 e. The van der Waals surface area contributed by atoms with Gasteiger partial charge in [0.2, 0.25) is 0 Å². The summed E-state index contributed by atoms with van der Waals surface area (Å²) in [5, 5.41) is 33.2. The molecule has 0 amide bonds. The third kappa shape index (κ3) is 24.0. The number of nitrogens with one attached hydrogen (secondary N) is 3. The Hall–Kier alpha value is -0.0806. The molecular weight excluding hydrogens is 1080 g/mol. The van der Waals surface area contributed by atoms with Crippen LogP contribution in [0.25, 0.3) is 5.84 Å². The molecule has 25 heteroatoms. The van der Waals surface area contributed by atoms with E-state index in [0.29, 0.717) is 56.7 Å². The zero-order valence-corrected chi connectivity index (χ0v) is 49.1. The van der Waals surface area contributed by atoms with Gasteiger partial charge in [-0.25, -0.2) is 23.9 Å². The summed E-state index contributed by atoms with van der Waals surface area (Å²) in [7, 11) is -0.964. The number of aliphatic hydroxyl groups excluding tert-OH is 2. The molecule has 67 heavy (non-hydrogen) atoms. The van der Waals surface area contributed by atoms with Gasteiger partial charge in [-0.2, -0.15) is 18.1 Å². The smallest absolute Gasteiger partial charge is 0.744 e. The second-order valence-corrected chi connectivity index (χ2v) is 21.6. The quantitative estimate of drug-likeness (QED) is 0.0114. The van der Waals surface area contributed by atoms with Crippen molar-refractivity contribution in [3.8, 4) is 5.75 Å². The Labute approximate surface area is 483 Å². The molecule has 0 radical (unpaired) electrons. The van der Waals surface area contributed by atoms with Crippen LogP contribution >= 0.6 is 30.9 Å². The number of hydrogen-bond donors (Lipinski definition) is 4. The minimum Gasteiger partial charge on any atom is -0.744 e. The third-order valence-corrected chi connectivity index (χ3v) is 14.8. The second-order valence-electron chi connectivity index (χ2n) is 14.0. The summed E-state index contributed by atoms with van der Waals surface area (Å²) < 4.78 is 83.2. The van der Waals surface area contributed by atoms with Gasteiger partial charge in [0.05, 0.1) is 59.2 Å². The van der Waals surface area contributed by atoms with Crippen LogP contribution in [0.3, 0.4) is 0 Å². The predicted molar refractivity (Wildman–Crippen MR) is 237 cm³/mol. The van der Waals surface area contributed by atoms with E-state index in [0.717, 1.165) is 28.9 Å². The molecule has 5 aromatic rings. The number of para-hydroxylation sites is 1. The molecule has 0 aliphatic carbocycles. The van der Waals surface area contributed by atoms with Crippen molar-refractivity contribution < 1.29 is 174 Å². The maximum absolute atomic E-state index is 11.5. The fraction of sp³-hybridized carbons (Fsp3) is 0.190. The van der Waals surface area contributed by atoms with E-state index in [2.05, 4.69) is 42.7 Å². The van der Waals surface area contributed by atoms with Gasteiger partial charge >= 0.3 is 109 Å². The molecule has 5 rings (SSSR count). The minimum atomic E-state index is -4.65. The molecule has 0 heterocycles. The van der Waals surface area contributed by atoms with E-state index < -0.39 is 33.0 Å². The number of quaternary nitrogens is 1. The van der Waals surface area contributed by atoms with Crippen LogP contribution in [0.5, 0.6) is 5.75 Å². The largest absolute Gasteiger partial charge is 5.00 e. The summed E-state index contributed by atoms with van der Waals surface area (Å²) in [6.07, 6.45) is 1.12. The Kier molecular flexibility index (Phi) is 35.4. The van der Waals surface area contributed by atoms with E-state index in [-0.39, 0.29) is 138 Å². The first-order valence-corrected chi connectivity index (χ1v) is 24.8. The van der Waals surface area contributed by atoms with Crippen LogP contribution in [-0.4, -0.2) is 61.5 Å². The van der Waals surface area contributed by atoms with Crippen LogP contribution in [0, 0.1) is 27.9 Å². The molecule has 346 valence electrons. The van der Waals surface area contributed by atoms with E-state index in [4.69, 9.17) is 26.9 Å².